The van der Waals surface area contributed by atoms with Crippen molar-refractivity contribution in [3.05, 3.63) is 61.8 Å². The lowest BCUT2D eigenvalue weighted by molar-refractivity contribution is -0.385. The Morgan fingerprint density at radius 2 is 2.07 bits per heavy atom. The molecule has 0 fully saturated rings. The predicted octanol–water partition coefficient (Wildman–Crippen LogP) is 4.24. The predicted molar refractivity (Wildman–Crippen MR) is 98.7 cm³/mol. The monoisotopic (exact) mass is 387 g/mol. The molecule has 0 spiro atoms. The number of carbonyl (C=O) groups is 1. The normalized spacial score (nSPS) is 10.8. The highest BCUT2D eigenvalue weighted by Crippen LogP contribution is 2.31. The van der Waals surface area contributed by atoms with Crippen molar-refractivity contribution in [2.45, 2.75) is 33.8 Å². The van der Waals surface area contributed by atoms with Gasteiger partial charge in [0.05, 0.1) is 9.80 Å². The van der Waals surface area contributed by atoms with Crippen LogP contribution >= 0.6 is 11.3 Å². The summed E-state index contributed by atoms with van der Waals surface area (Å²) in [6, 6.07) is 6.36. The molecule has 0 aliphatic heterocycles. The lowest BCUT2D eigenvalue weighted by atomic mass is 10.1. The molecule has 1 aromatic carbocycles. The summed E-state index contributed by atoms with van der Waals surface area (Å²) >= 11 is 1.58. The number of aryl methyl sites for hydroxylation is 3. The molecule has 0 aliphatic carbocycles. The van der Waals surface area contributed by atoms with E-state index in [0.717, 1.165) is 16.9 Å². The lowest BCUT2D eigenvalue weighted by Gasteiger charge is -2.05. The van der Waals surface area contributed by atoms with E-state index in [2.05, 4.69) is 17.1 Å². The zero-order valence-electron chi connectivity index (χ0n) is 15.0. The number of nitro benzene ring substituents is 1. The van der Waals surface area contributed by atoms with Crippen LogP contribution in [0.25, 0.3) is 10.8 Å². The van der Waals surface area contributed by atoms with E-state index in [0.29, 0.717) is 11.5 Å². The Hall–Kier alpha value is -3.07. The highest BCUT2D eigenvalue weighted by molar-refractivity contribution is 7.15. The van der Waals surface area contributed by atoms with Crippen molar-refractivity contribution >= 4 is 23.0 Å². The van der Waals surface area contributed by atoms with Gasteiger partial charge in [-0.3, -0.25) is 10.1 Å². The van der Waals surface area contributed by atoms with Gasteiger partial charge in [0, 0.05) is 10.9 Å². The molecule has 2 heterocycles. The van der Waals surface area contributed by atoms with Gasteiger partial charge in [-0.1, -0.05) is 19.1 Å². The maximum Gasteiger partial charge on any atom is 0.345 e. The number of aromatic nitrogens is 2. The second-order valence-electron chi connectivity index (χ2n) is 5.87. The van der Waals surface area contributed by atoms with Gasteiger partial charge in [0.2, 0.25) is 0 Å². The summed E-state index contributed by atoms with van der Waals surface area (Å²) < 4.78 is 10.7. The molecule has 0 bridgehead atoms. The number of hydrogen-bond acceptors (Lipinski definition) is 8. The largest absolute Gasteiger partial charge is 0.452 e. The second-order valence-corrected chi connectivity index (χ2v) is 7.01. The fourth-order valence-corrected chi connectivity index (χ4v) is 3.69. The molecule has 2 aromatic heterocycles. The van der Waals surface area contributed by atoms with Gasteiger partial charge >= 0.3 is 5.97 Å². The standard InChI is InChI=1S/C18H17N3O5S/c1-4-13-11(3)8-14(27-13)17-20-19-15(26-17)9-25-18(22)16-10(2)6-5-7-12(16)21(23)24/h5-8H,4,9H2,1-3H3. The number of thiophene rings is 1. The van der Waals surface area contributed by atoms with E-state index in [1.54, 1.807) is 24.3 Å². The van der Waals surface area contributed by atoms with Crippen LogP contribution in [0.5, 0.6) is 0 Å². The number of rotatable bonds is 6. The molecule has 27 heavy (non-hydrogen) atoms. The molecular weight excluding hydrogens is 370 g/mol. The Morgan fingerprint density at radius 3 is 2.74 bits per heavy atom. The summed E-state index contributed by atoms with van der Waals surface area (Å²) in [4.78, 5) is 24.9. The van der Waals surface area contributed by atoms with Gasteiger partial charge in [0.15, 0.2) is 6.61 Å². The van der Waals surface area contributed by atoms with E-state index < -0.39 is 10.9 Å². The quantitative estimate of drug-likeness (QED) is 0.353. The maximum absolute atomic E-state index is 12.3. The molecule has 8 nitrogen and oxygen atoms in total. The molecule has 0 saturated carbocycles. The zero-order chi connectivity index (χ0) is 19.6. The molecule has 0 amide bonds. The van der Waals surface area contributed by atoms with Gasteiger partial charge in [-0.2, -0.15) is 0 Å². The van der Waals surface area contributed by atoms with Gasteiger partial charge in [0.25, 0.3) is 17.5 Å². The van der Waals surface area contributed by atoms with E-state index in [1.165, 1.54) is 17.0 Å². The van der Waals surface area contributed by atoms with E-state index >= 15 is 0 Å². The molecule has 0 unspecified atom stereocenters. The van der Waals surface area contributed by atoms with Crippen molar-refractivity contribution in [1.29, 1.82) is 0 Å². The first-order chi connectivity index (χ1) is 12.9. The lowest BCUT2D eigenvalue weighted by Crippen LogP contribution is -2.10. The van der Waals surface area contributed by atoms with Crippen LogP contribution in [0.1, 0.15) is 39.2 Å². The van der Waals surface area contributed by atoms with Crippen LogP contribution in [0, 0.1) is 24.0 Å². The first kappa shape index (κ1) is 18.7. The molecule has 0 radical (unpaired) electrons. The minimum absolute atomic E-state index is 0.0799. The molecule has 0 aliphatic rings. The summed E-state index contributed by atoms with van der Waals surface area (Å²) in [7, 11) is 0. The Labute approximate surface area is 159 Å². The SMILES string of the molecule is CCc1sc(-c2nnc(COC(=O)c3c(C)cccc3[N+](=O)[O-])o2)cc1C. The first-order valence-corrected chi connectivity index (χ1v) is 9.05. The molecule has 3 rings (SSSR count). The number of ether oxygens (including phenoxy) is 1. The van der Waals surface area contributed by atoms with Gasteiger partial charge in [-0.05, 0) is 37.5 Å². The average molecular weight is 387 g/mol. The summed E-state index contributed by atoms with van der Waals surface area (Å²) in [5.41, 5.74) is 1.24. The van der Waals surface area contributed by atoms with Crippen LogP contribution in [0.4, 0.5) is 5.69 Å². The Morgan fingerprint density at radius 1 is 1.30 bits per heavy atom. The Bertz CT molecular complexity index is 1010. The molecule has 140 valence electrons. The number of esters is 1. The van der Waals surface area contributed by atoms with Crippen molar-refractivity contribution in [3.63, 3.8) is 0 Å². The minimum Gasteiger partial charge on any atom is -0.452 e. The summed E-state index contributed by atoms with van der Waals surface area (Å²) in [5.74, 6) is -0.325. The first-order valence-electron chi connectivity index (χ1n) is 8.23. The van der Waals surface area contributed by atoms with Crippen molar-refractivity contribution in [3.8, 4) is 10.8 Å². The molecule has 0 atom stereocenters. The number of benzene rings is 1. The molecule has 9 heteroatoms. The average Bonchev–Trinajstić information content (AvgIpc) is 3.25. The van der Waals surface area contributed by atoms with Crippen LogP contribution in [0.3, 0.4) is 0 Å². The fourth-order valence-electron chi connectivity index (χ4n) is 2.66. The molecule has 3 aromatic rings. The van der Waals surface area contributed by atoms with E-state index in [1.807, 2.05) is 13.0 Å². The van der Waals surface area contributed by atoms with Gasteiger partial charge < -0.3 is 9.15 Å². The topological polar surface area (TPSA) is 108 Å². The van der Waals surface area contributed by atoms with Crippen molar-refractivity contribution in [2.24, 2.45) is 0 Å². The third-order valence-electron chi connectivity index (χ3n) is 4.00. The summed E-state index contributed by atoms with van der Waals surface area (Å²) in [5, 5.41) is 19.0. The van der Waals surface area contributed by atoms with E-state index in [9.17, 15) is 14.9 Å². The Balaban J connectivity index is 1.74. The highest BCUT2D eigenvalue weighted by atomic mass is 32.1. The summed E-state index contributed by atoms with van der Waals surface area (Å²) in [6.07, 6.45) is 0.921. The number of hydrogen-bond donors (Lipinski definition) is 0. The van der Waals surface area contributed by atoms with Crippen LogP contribution < -0.4 is 0 Å². The highest BCUT2D eigenvalue weighted by Gasteiger charge is 2.24. The van der Waals surface area contributed by atoms with Gasteiger partial charge in [-0.15, -0.1) is 21.5 Å². The number of nitro groups is 1. The smallest absolute Gasteiger partial charge is 0.345 e. The molecular formula is C18H17N3O5S. The van der Waals surface area contributed by atoms with E-state index in [-0.39, 0.29) is 23.7 Å². The van der Waals surface area contributed by atoms with Crippen LogP contribution in [0.15, 0.2) is 28.7 Å². The van der Waals surface area contributed by atoms with Crippen molar-refractivity contribution in [2.75, 3.05) is 0 Å². The van der Waals surface area contributed by atoms with E-state index in [4.69, 9.17) is 9.15 Å². The third kappa shape index (κ3) is 3.87. The van der Waals surface area contributed by atoms with Crippen LogP contribution in [-0.2, 0) is 17.8 Å². The molecule has 0 N–H and O–H groups in total. The zero-order valence-corrected chi connectivity index (χ0v) is 15.8. The number of nitrogens with zero attached hydrogens (tertiary/aromatic N) is 3. The van der Waals surface area contributed by atoms with Crippen LogP contribution in [-0.4, -0.2) is 21.1 Å². The van der Waals surface area contributed by atoms with Gasteiger partial charge in [-0.25, -0.2) is 4.79 Å². The minimum atomic E-state index is -0.806. The van der Waals surface area contributed by atoms with Crippen molar-refractivity contribution < 1.29 is 18.9 Å². The van der Waals surface area contributed by atoms with Crippen LogP contribution in [0.2, 0.25) is 0 Å². The third-order valence-corrected chi connectivity index (χ3v) is 5.37. The second kappa shape index (κ2) is 7.67. The fraction of sp³-hybridized carbons (Fsp3) is 0.278. The number of carbonyl (C=O) groups excluding carboxylic acids is 1. The summed E-state index contributed by atoms with van der Waals surface area (Å²) in [6.45, 7) is 5.44. The van der Waals surface area contributed by atoms with Gasteiger partial charge in [0.1, 0.15) is 5.56 Å². The maximum atomic E-state index is 12.3. The Kier molecular flexibility index (Phi) is 5.31. The van der Waals surface area contributed by atoms with Crippen molar-refractivity contribution in [1.82, 2.24) is 10.2 Å². The molecule has 0 saturated heterocycles.